The van der Waals surface area contributed by atoms with Gasteiger partial charge in [0.05, 0.1) is 24.7 Å². The number of nitrogens with one attached hydrogen (secondary N) is 1. The fraction of sp³-hybridized carbons (Fsp3) is 0.583. The summed E-state index contributed by atoms with van der Waals surface area (Å²) < 4.78 is 52.7. The fourth-order valence-corrected chi connectivity index (χ4v) is 5.17. The predicted octanol–water partition coefficient (Wildman–Crippen LogP) is 3.88. The highest BCUT2D eigenvalue weighted by Crippen LogP contribution is 2.57. The number of alkyl halides is 4. The van der Waals surface area contributed by atoms with Gasteiger partial charge in [0, 0.05) is 30.4 Å². The highest BCUT2D eigenvalue weighted by Gasteiger charge is 2.70. The van der Waals surface area contributed by atoms with Gasteiger partial charge in [-0.05, 0) is 42.9 Å². The van der Waals surface area contributed by atoms with Crippen LogP contribution >= 0.6 is 0 Å². The fourth-order valence-electron chi connectivity index (χ4n) is 5.17. The number of carboxylic acids is 1. The van der Waals surface area contributed by atoms with Crippen LogP contribution in [-0.2, 0) is 11.2 Å². The van der Waals surface area contributed by atoms with Crippen LogP contribution in [-0.4, -0.2) is 57.2 Å². The predicted molar refractivity (Wildman–Crippen MR) is 117 cm³/mol. The Balaban J connectivity index is 1.28. The summed E-state index contributed by atoms with van der Waals surface area (Å²) in [7, 11) is 0. The van der Waals surface area contributed by atoms with Gasteiger partial charge in [0.2, 0.25) is 0 Å². The molecule has 6 unspecified atom stereocenters. The van der Waals surface area contributed by atoms with E-state index < -0.39 is 42.4 Å². The summed E-state index contributed by atoms with van der Waals surface area (Å²) >= 11 is 0. The van der Waals surface area contributed by atoms with Crippen molar-refractivity contribution in [1.29, 1.82) is 0 Å². The van der Waals surface area contributed by atoms with Crippen LogP contribution in [0.15, 0.2) is 41.4 Å². The van der Waals surface area contributed by atoms with Crippen LogP contribution in [0.2, 0.25) is 0 Å². The number of fused-ring (bicyclic) bond motifs is 1. The zero-order valence-electron chi connectivity index (χ0n) is 18.4. The molecule has 186 valence electrons. The molecule has 2 saturated carbocycles. The van der Waals surface area contributed by atoms with Crippen molar-refractivity contribution in [3.63, 3.8) is 0 Å². The molecule has 2 fully saturated rings. The SMILES string of the molecule is O=C(O)Cc1ccc(NC2=NC3CC(O)C(C=CC(O)CCC4CC(F)(F)C4(F)F)C3C2)cc1. The van der Waals surface area contributed by atoms with E-state index in [1.54, 1.807) is 30.3 Å². The van der Waals surface area contributed by atoms with Gasteiger partial charge in [-0.1, -0.05) is 24.3 Å². The lowest BCUT2D eigenvalue weighted by Gasteiger charge is -2.44. The van der Waals surface area contributed by atoms with Gasteiger partial charge in [-0.25, -0.2) is 0 Å². The number of nitrogens with zero attached hydrogens (tertiary/aromatic N) is 1. The molecule has 10 heteroatoms. The van der Waals surface area contributed by atoms with E-state index in [-0.39, 0.29) is 37.1 Å². The maximum atomic E-state index is 13.4. The van der Waals surface area contributed by atoms with E-state index in [0.29, 0.717) is 18.4 Å². The molecule has 0 amide bonds. The molecule has 0 radical (unpaired) electrons. The lowest BCUT2D eigenvalue weighted by atomic mass is 9.74. The zero-order valence-corrected chi connectivity index (χ0v) is 18.4. The molecule has 34 heavy (non-hydrogen) atoms. The number of halogens is 4. The van der Waals surface area contributed by atoms with E-state index in [4.69, 9.17) is 5.11 Å². The average Bonchev–Trinajstić information content (AvgIpc) is 3.26. The lowest BCUT2D eigenvalue weighted by Crippen LogP contribution is -2.58. The van der Waals surface area contributed by atoms with E-state index in [9.17, 15) is 32.6 Å². The van der Waals surface area contributed by atoms with Gasteiger partial charge in [-0.2, -0.15) is 17.6 Å². The van der Waals surface area contributed by atoms with Crippen molar-refractivity contribution in [3.05, 3.63) is 42.0 Å². The van der Waals surface area contributed by atoms with Crippen LogP contribution in [0.3, 0.4) is 0 Å². The average molecular weight is 484 g/mol. The first-order chi connectivity index (χ1) is 16.0. The molecule has 4 rings (SSSR count). The van der Waals surface area contributed by atoms with E-state index in [2.05, 4.69) is 10.3 Å². The van der Waals surface area contributed by atoms with E-state index in [1.165, 1.54) is 6.08 Å². The number of rotatable bonds is 8. The molecule has 4 N–H and O–H groups in total. The van der Waals surface area contributed by atoms with Crippen LogP contribution in [0, 0.1) is 17.8 Å². The summed E-state index contributed by atoms with van der Waals surface area (Å²) in [5.41, 5.74) is 1.46. The second-order valence-electron chi connectivity index (χ2n) is 9.54. The molecule has 1 aromatic rings. The highest BCUT2D eigenvalue weighted by atomic mass is 19.3. The zero-order chi connectivity index (χ0) is 24.7. The van der Waals surface area contributed by atoms with Gasteiger partial charge in [-0.15, -0.1) is 0 Å². The van der Waals surface area contributed by atoms with E-state index in [0.717, 1.165) is 11.5 Å². The second kappa shape index (κ2) is 9.30. The number of benzene rings is 1. The first-order valence-electron chi connectivity index (χ1n) is 11.4. The van der Waals surface area contributed by atoms with Crippen molar-refractivity contribution >= 4 is 17.5 Å². The van der Waals surface area contributed by atoms with E-state index >= 15 is 0 Å². The minimum atomic E-state index is -4.02. The number of aliphatic carboxylic acids is 1. The molecule has 0 spiro atoms. The maximum Gasteiger partial charge on any atom is 0.313 e. The van der Waals surface area contributed by atoms with Gasteiger partial charge >= 0.3 is 17.8 Å². The normalized spacial score (nSPS) is 32.2. The minimum absolute atomic E-state index is 0.0156. The monoisotopic (exact) mass is 484 g/mol. The third-order valence-electron chi connectivity index (χ3n) is 7.13. The molecule has 6 nitrogen and oxygen atoms in total. The molecule has 2 aliphatic carbocycles. The van der Waals surface area contributed by atoms with Gasteiger partial charge in [0.25, 0.3) is 0 Å². The summed E-state index contributed by atoms with van der Waals surface area (Å²) in [6.07, 6.45) is 1.31. The Hall–Kier alpha value is -2.46. The first kappa shape index (κ1) is 24.7. The Morgan fingerprint density at radius 1 is 1.24 bits per heavy atom. The maximum absolute atomic E-state index is 13.4. The number of aliphatic hydroxyl groups is 2. The molecular weight excluding hydrogens is 456 g/mol. The lowest BCUT2D eigenvalue weighted by molar-refractivity contribution is -0.315. The Bertz CT molecular complexity index is 966. The molecule has 1 aromatic carbocycles. The largest absolute Gasteiger partial charge is 0.481 e. The smallest absolute Gasteiger partial charge is 0.313 e. The van der Waals surface area contributed by atoms with Crippen molar-refractivity contribution in [1.82, 2.24) is 0 Å². The summed E-state index contributed by atoms with van der Waals surface area (Å²) in [4.78, 5) is 15.4. The highest BCUT2D eigenvalue weighted by molar-refractivity contribution is 5.97. The van der Waals surface area contributed by atoms with Crippen LogP contribution < -0.4 is 5.32 Å². The molecule has 6 atom stereocenters. The summed E-state index contributed by atoms with van der Waals surface area (Å²) in [6, 6.07) is 6.91. The van der Waals surface area contributed by atoms with Gasteiger partial charge < -0.3 is 20.6 Å². The Morgan fingerprint density at radius 2 is 1.94 bits per heavy atom. The van der Waals surface area contributed by atoms with Crippen molar-refractivity contribution in [2.75, 3.05) is 5.32 Å². The first-order valence-corrected chi connectivity index (χ1v) is 11.4. The quantitative estimate of drug-likeness (QED) is 0.331. The van der Waals surface area contributed by atoms with E-state index in [1.807, 2.05) is 0 Å². The standard InChI is InChI=1S/C24H28F4N2O4/c25-23(26)12-14(24(23,27)28)3-6-16(31)7-8-17-18-10-21(30-19(18)11-20(17)32)29-15-4-1-13(2-5-15)9-22(33)34/h1-2,4-5,7-8,14,16-20,31-32H,3,6,9-12H2,(H,29,30)(H,33,34). The Morgan fingerprint density at radius 3 is 2.56 bits per heavy atom. The van der Waals surface area contributed by atoms with Crippen molar-refractivity contribution < 1.29 is 37.7 Å². The molecular formula is C24H28F4N2O4. The topological polar surface area (TPSA) is 102 Å². The second-order valence-corrected chi connectivity index (χ2v) is 9.54. The summed E-state index contributed by atoms with van der Waals surface area (Å²) in [5, 5.41) is 32.7. The molecule has 0 aromatic heterocycles. The number of aliphatic imine (C=N–C) groups is 1. The summed E-state index contributed by atoms with van der Waals surface area (Å²) in [5.74, 6) is -9.82. The van der Waals surface area contributed by atoms with Crippen molar-refractivity contribution in [2.45, 2.75) is 68.6 Å². The number of amidine groups is 1. The molecule has 1 aliphatic heterocycles. The van der Waals surface area contributed by atoms with Crippen LogP contribution in [0.5, 0.6) is 0 Å². The Labute approximate surface area is 194 Å². The molecule has 0 saturated heterocycles. The minimum Gasteiger partial charge on any atom is -0.481 e. The van der Waals surface area contributed by atoms with Crippen LogP contribution in [0.25, 0.3) is 0 Å². The third kappa shape index (κ3) is 4.98. The molecule has 3 aliphatic rings. The number of hydrogen-bond donors (Lipinski definition) is 4. The van der Waals surface area contributed by atoms with Crippen molar-refractivity contribution in [3.8, 4) is 0 Å². The van der Waals surface area contributed by atoms with Gasteiger partial charge in [0.1, 0.15) is 5.84 Å². The number of hydrogen-bond acceptors (Lipinski definition) is 5. The van der Waals surface area contributed by atoms with Crippen molar-refractivity contribution in [2.24, 2.45) is 22.7 Å². The third-order valence-corrected chi connectivity index (χ3v) is 7.13. The van der Waals surface area contributed by atoms with Crippen LogP contribution in [0.1, 0.15) is 37.7 Å². The van der Waals surface area contributed by atoms with Gasteiger partial charge in [0.15, 0.2) is 0 Å². The van der Waals surface area contributed by atoms with Crippen LogP contribution in [0.4, 0.5) is 23.2 Å². The number of carboxylic acid groups (broad SMARTS) is 1. The number of carbonyl (C=O) groups is 1. The number of anilines is 1. The number of aliphatic hydroxyl groups excluding tert-OH is 2. The Kier molecular flexibility index (Phi) is 6.74. The summed E-state index contributed by atoms with van der Waals surface area (Å²) in [6.45, 7) is 0. The molecule has 0 bridgehead atoms. The van der Waals surface area contributed by atoms with Gasteiger partial charge in [-0.3, -0.25) is 9.79 Å². The molecule has 1 heterocycles.